The molecule has 140 valence electrons. The topological polar surface area (TPSA) is 59.1 Å². The molecule has 2 amide bonds. The predicted octanol–water partition coefficient (Wildman–Crippen LogP) is 3.21. The van der Waals surface area contributed by atoms with E-state index < -0.39 is 11.9 Å². The Hall–Kier alpha value is -3.09. The lowest BCUT2D eigenvalue weighted by atomic mass is 10.0. The van der Waals surface area contributed by atoms with Crippen LogP contribution in [0.25, 0.3) is 0 Å². The molecule has 1 fully saturated rings. The van der Waals surface area contributed by atoms with Crippen molar-refractivity contribution in [2.75, 3.05) is 25.2 Å². The molecule has 1 saturated heterocycles. The fourth-order valence-corrected chi connectivity index (χ4v) is 3.56. The van der Waals surface area contributed by atoms with Crippen LogP contribution in [0.5, 0.6) is 5.75 Å². The third-order valence-corrected chi connectivity index (χ3v) is 4.97. The van der Waals surface area contributed by atoms with Crippen molar-refractivity contribution in [2.45, 2.75) is 19.0 Å². The number of hydrogen-bond acceptors (Lipinski definition) is 4. The molecule has 0 aliphatic carbocycles. The SMILES string of the molecule is COc1cccc(C(=O)N2CCC3COC(=O)N3c3cc(F)ccc3C2)c1. The van der Waals surface area contributed by atoms with Gasteiger partial charge in [0, 0.05) is 18.7 Å². The Morgan fingerprint density at radius 2 is 2.11 bits per heavy atom. The molecule has 27 heavy (non-hydrogen) atoms. The number of halogens is 1. The molecule has 0 bridgehead atoms. The summed E-state index contributed by atoms with van der Waals surface area (Å²) in [5.74, 6) is 0.0395. The molecule has 6 nitrogen and oxygen atoms in total. The average Bonchev–Trinajstić information content (AvgIpc) is 3.03. The Bertz CT molecular complexity index is 901. The molecule has 1 atom stereocenters. The molecule has 0 spiro atoms. The Kier molecular flexibility index (Phi) is 4.43. The molecule has 2 heterocycles. The van der Waals surface area contributed by atoms with Crippen LogP contribution in [0.3, 0.4) is 0 Å². The fraction of sp³-hybridized carbons (Fsp3) is 0.300. The van der Waals surface area contributed by atoms with Gasteiger partial charge in [0.05, 0.1) is 18.8 Å². The van der Waals surface area contributed by atoms with Crippen LogP contribution < -0.4 is 9.64 Å². The third kappa shape index (κ3) is 3.20. The molecule has 7 heteroatoms. The number of hydrogen-bond donors (Lipinski definition) is 0. The van der Waals surface area contributed by atoms with Gasteiger partial charge in [-0.1, -0.05) is 12.1 Å². The number of fused-ring (bicyclic) bond motifs is 3. The van der Waals surface area contributed by atoms with E-state index in [-0.39, 0.29) is 25.1 Å². The Balaban J connectivity index is 1.69. The van der Waals surface area contributed by atoms with Crippen LogP contribution in [0.4, 0.5) is 14.9 Å². The van der Waals surface area contributed by atoms with Gasteiger partial charge >= 0.3 is 6.09 Å². The summed E-state index contributed by atoms with van der Waals surface area (Å²) in [6.07, 6.45) is 0.0802. The number of carbonyl (C=O) groups excluding carboxylic acids is 2. The lowest BCUT2D eigenvalue weighted by Crippen LogP contribution is -2.42. The van der Waals surface area contributed by atoms with E-state index in [9.17, 15) is 14.0 Å². The number of cyclic esters (lactones) is 1. The number of amides is 2. The van der Waals surface area contributed by atoms with Gasteiger partial charge in [-0.05, 0) is 42.3 Å². The van der Waals surface area contributed by atoms with Gasteiger partial charge in [0.1, 0.15) is 18.2 Å². The lowest BCUT2D eigenvalue weighted by molar-refractivity contribution is 0.0734. The van der Waals surface area contributed by atoms with E-state index in [0.717, 1.165) is 0 Å². The van der Waals surface area contributed by atoms with Gasteiger partial charge in [-0.15, -0.1) is 0 Å². The Morgan fingerprint density at radius 1 is 1.26 bits per heavy atom. The van der Waals surface area contributed by atoms with Crippen molar-refractivity contribution in [1.29, 1.82) is 0 Å². The highest BCUT2D eigenvalue weighted by molar-refractivity contribution is 5.95. The second-order valence-electron chi connectivity index (χ2n) is 6.62. The van der Waals surface area contributed by atoms with Crippen LogP contribution in [-0.2, 0) is 11.3 Å². The molecule has 2 aliphatic rings. The molecule has 0 aromatic heterocycles. The van der Waals surface area contributed by atoms with Crippen molar-refractivity contribution in [1.82, 2.24) is 4.90 Å². The maximum atomic E-state index is 13.8. The zero-order chi connectivity index (χ0) is 19.0. The first-order chi connectivity index (χ1) is 13.1. The summed E-state index contributed by atoms with van der Waals surface area (Å²) >= 11 is 0. The van der Waals surface area contributed by atoms with Gasteiger partial charge in [0.25, 0.3) is 5.91 Å². The van der Waals surface area contributed by atoms with E-state index in [0.29, 0.717) is 35.5 Å². The first-order valence-corrected chi connectivity index (χ1v) is 8.74. The van der Waals surface area contributed by atoms with E-state index in [1.165, 1.54) is 17.0 Å². The normalized spacial score (nSPS) is 18.9. The molecule has 2 aliphatic heterocycles. The van der Waals surface area contributed by atoms with E-state index in [4.69, 9.17) is 9.47 Å². The zero-order valence-corrected chi connectivity index (χ0v) is 14.9. The second kappa shape index (κ2) is 6.90. The van der Waals surface area contributed by atoms with Gasteiger partial charge in [0.2, 0.25) is 0 Å². The van der Waals surface area contributed by atoms with Gasteiger partial charge in [-0.25, -0.2) is 9.18 Å². The van der Waals surface area contributed by atoms with E-state index in [2.05, 4.69) is 0 Å². The maximum absolute atomic E-state index is 13.8. The highest BCUT2D eigenvalue weighted by Gasteiger charge is 2.38. The minimum Gasteiger partial charge on any atom is -0.497 e. The summed E-state index contributed by atoms with van der Waals surface area (Å²) in [5.41, 5.74) is 1.69. The standard InChI is InChI=1S/C20H19FN2O4/c1-26-17-4-2-3-13(9-17)19(24)22-8-7-16-12-27-20(25)23(16)18-10-15(21)6-5-14(18)11-22/h2-6,9-10,16H,7-8,11-12H2,1H3. The van der Waals surface area contributed by atoms with E-state index in [1.54, 1.807) is 42.3 Å². The predicted molar refractivity (Wildman–Crippen MR) is 96.4 cm³/mol. The quantitative estimate of drug-likeness (QED) is 0.815. The van der Waals surface area contributed by atoms with Crippen molar-refractivity contribution in [2.24, 2.45) is 0 Å². The van der Waals surface area contributed by atoms with Crippen LogP contribution in [0, 0.1) is 5.82 Å². The van der Waals surface area contributed by atoms with Crippen molar-refractivity contribution in [3.05, 3.63) is 59.4 Å². The Labute approximate surface area is 156 Å². The van der Waals surface area contributed by atoms with Crippen LogP contribution in [0.15, 0.2) is 42.5 Å². The fourth-order valence-electron chi connectivity index (χ4n) is 3.56. The average molecular weight is 370 g/mol. The summed E-state index contributed by atoms with van der Waals surface area (Å²) in [5, 5.41) is 0. The highest BCUT2D eigenvalue weighted by atomic mass is 19.1. The van der Waals surface area contributed by atoms with Crippen LogP contribution in [0.2, 0.25) is 0 Å². The number of anilines is 1. The number of carbonyl (C=O) groups is 2. The second-order valence-corrected chi connectivity index (χ2v) is 6.62. The maximum Gasteiger partial charge on any atom is 0.414 e. The van der Waals surface area contributed by atoms with Crippen molar-refractivity contribution < 1.29 is 23.5 Å². The number of benzene rings is 2. The highest BCUT2D eigenvalue weighted by Crippen LogP contribution is 2.32. The number of rotatable bonds is 2. The number of nitrogens with zero attached hydrogens (tertiary/aromatic N) is 2. The van der Waals surface area contributed by atoms with Crippen LogP contribution in [-0.4, -0.2) is 43.2 Å². The molecule has 0 radical (unpaired) electrons. The summed E-state index contributed by atoms with van der Waals surface area (Å²) in [6.45, 7) is 0.975. The largest absolute Gasteiger partial charge is 0.497 e. The van der Waals surface area contributed by atoms with Gasteiger partial charge in [0.15, 0.2) is 0 Å². The number of ether oxygens (including phenoxy) is 2. The summed E-state index contributed by atoms with van der Waals surface area (Å²) in [7, 11) is 1.55. The molecule has 0 N–H and O–H groups in total. The minimum absolute atomic E-state index is 0.136. The molecule has 2 aromatic carbocycles. The lowest BCUT2D eigenvalue weighted by Gasteiger charge is -2.32. The summed E-state index contributed by atoms with van der Waals surface area (Å²) < 4.78 is 24.2. The molecule has 4 rings (SSSR count). The summed E-state index contributed by atoms with van der Waals surface area (Å²) in [4.78, 5) is 28.4. The zero-order valence-electron chi connectivity index (χ0n) is 14.9. The van der Waals surface area contributed by atoms with E-state index in [1.807, 2.05) is 0 Å². The first-order valence-electron chi connectivity index (χ1n) is 8.74. The Morgan fingerprint density at radius 3 is 2.93 bits per heavy atom. The van der Waals surface area contributed by atoms with Crippen LogP contribution in [0.1, 0.15) is 22.3 Å². The molecule has 1 unspecified atom stereocenters. The molecular formula is C20H19FN2O4. The van der Waals surface area contributed by atoms with Crippen molar-refractivity contribution >= 4 is 17.7 Å². The van der Waals surface area contributed by atoms with Crippen LogP contribution >= 0.6 is 0 Å². The first kappa shape index (κ1) is 17.3. The molecule has 0 saturated carbocycles. The third-order valence-electron chi connectivity index (χ3n) is 4.97. The summed E-state index contributed by atoms with van der Waals surface area (Å²) in [6, 6.07) is 11.0. The number of methoxy groups -OCH3 is 1. The van der Waals surface area contributed by atoms with Gasteiger partial charge in [-0.2, -0.15) is 0 Å². The van der Waals surface area contributed by atoms with Crippen molar-refractivity contribution in [3.8, 4) is 5.75 Å². The monoisotopic (exact) mass is 370 g/mol. The van der Waals surface area contributed by atoms with Crippen molar-refractivity contribution in [3.63, 3.8) is 0 Å². The molecule has 2 aromatic rings. The van der Waals surface area contributed by atoms with Gasteiger partial charge < -0.3 is 14.4 Å². The minimum atomic E-state index is -0.473. The smallest absolute Gasteiger partial charge is 0.414 e. The molecular weight excluding hydrogens is 351 g/mol. The van der Waals surface area contributed by atoms with Gasteiger partial charge in [-0.3, -0.25) is 9.69 Å². The van der Waals surface area contributed by atoms with E-state index >= 15 is 0 Å².